The number of ether oxygens (including phenoxy) is 1. The molecule has 1 N–H and O–H groups in total. The Morgan fingerprint density at radius 3 is 2.45 bits per heavy atom. The zero-order valence-corrected chi connectivity index (χ0v) is 13.6. The largest absolute Gasteiger partial charge is 0.465 e. The van der Waals surface area contributed by atoms with E-state index in [1.165, 1.54) is 25.7 Å². The third-order valence-electron chi connectivity index (χ3n) is 5.35. The van der Waals surface area contributed by atoms with E-state index in [2.05, 4.69) is 26.1 Å². The van der Waals surface area contributed by atoms with E-state index in [0.29, 0.717) is 24.0 Å². The first kappa shape index (κ1) is 15.8. The van der Waals surface area contributed by atoms with Gasteiger partial charge in [0.2, 0.25) is 0 Å². The van der Waals surface area contributed by atoms with Gasteiger partial charge in [0.25, 0.3) is 0 Å². The minimum Gasteiger partial charge on any atom is -0.465 e. The van der Waals surface area contributed by atoms with E-state index in [9.17, 15) is 4.79 Å². The summed E-state index contributed by atoms with van der Waals surface area (Å²) < 4.78 is 5.43. The number of esters is 1. The van der Waals surface area contributed by atoms with Crippen molar-refractivity contribution in [2.24, 2.45) is 11.3 Å². The van der Waals surface area contributed by atoms with Crippen LogP contribution in [0.4, 0.5) is 0 Å². The van der Waals surface area contributed by atoms with Crippen LogP contribution in [0.15, 0.2) is 0 Å². The van der Waals surface area contributed by atoms with Gasteiger partial charge >= 0.3 is 5.97 Å². The van der Waals surface area contributed by atoms with E-state index in [0.717, 1.165) is 19.3 Å². The highest BCUT2D eigenvalue weighted by atomic mass is 16.5. The van der Waals surface area contributed by atoms with Crippen molar-refractivity contribution in [2.45, 2.75) is 84.2 Å². The van der Waals surface area contributed by atoms with Crippen LogP contribution in [0.25, 0.3) is 0 Å². The molecule has 0 saturated heterocycles. The van der Waals surface area contributed by atoms with Crippen molar-refractivity contribution in [3.05, 3.63) is 0 Å². The third-order valence-corrected chi connectivity index (χ3v) is 5.35. The zero-order valence-electron chi connectivity index (χ0n) is 13.6. The van der Waals surface area contributed by atoms with Crippen molar-refractivity contribution in [1.29, 1.82) is 0 Å². The lowest BCUT2D eigenvalue weighted by atomic mass is 9.63. The molecule has 116 valence electrons. The van der Waals surface area contributed by atoms with Gasteiger partial charge in [0.1, 0.15) is 5.54 Å². The highest BCUT2D eigenvalue weighted by Crippen LogP contribution is 2.45. The topological polar surface area (TPSA) is 38.3 Å². The summed E-state index contributed by atoms with van der Waals surface area (Å²) in [4.78, 5) is 12.6. The Morgan fingerprint density at radius 2 is 1.90 bits per heavy atom. The summed E-state index contributed by atoms with van der Waals surface area (Å²) in [5.41, 5.74) is -0.104. The minimum absolute atomic E-state index is 0.0186. The summed E-state index contributed by atoms with van der Waals surface area (Å²) in [6, 6.07) is 0.503. The Bertz CT molecular complexity index is 347. The third kappa shape index (κ3) is 3.19. The Balaban J connectivity index is 2.17. The lowest BCUT2D eigenvalue weighted by Crippen LogP contribution is -2.62. The summed E-state index contributed by atoms with van der Waals surface area (Å²) in [6.45, 7) is 9.23. The summed E-state index contributed by atoms with van der Waals surface area (Å²) >= 11 is 0. The first-order valence-corrected chi connectivity index (χ1v) is 8.34. The second kappa shape index (κ2) is 6.05. The lowest BCUT2D eigenvalue weighted by molar-refractivity contribution is -0.157. The van der Waals surface area contributed by atoms with Crippen molar-refractivity contribution >= 4 is 5.97 Å². The fourth-order valence-electron chi connectivity index (χ4n) is 4.16. The summed E-state index contributed by atoms with van der Waals surface area (Å²) in [5.74, 6) is 0.320. The minimum atomic E-state index is -0.444. The normalized spacial score (nSPS) is 34.1. The molecule has 0 aliphatic heterocycles. The molecule has 2 aliphatic carbocycles. The van der Waals surface area contributed by atoms with Crippen LogP contribution in [0.3, 0.4) is 0 Å². The molecule has 0 bridgehead atoms. The van der Waals surface area contributed by atoms with Gasteiger partial charge in [0, 0.05) is 6.04 Å². The average molecular weight is 281 g/mol. The van der Waals surface area contributed by atoms with Crippen molar-refractivity contribution in [3.8, 4) is 0 Å². The van der Waals surface area contributed by atoms with Crippen LogP contribution in [0, 0.1) is 11.3 Å². The van der Waals surface area contributed by atoms with Gasteiger partial charge in [0.05, 0.1) is 6.61 Å². The number of carbonyl (C=O) groups excluding carboxylic acids is 1. The highest BCUT2D eigenvalue weighted by molar-refractivity contribution is 5.81. The monoisotopic (exact) mass is 281 g/mol. The van der Waals surface area contributed by atoms with Crippen LogP contribution < -0.4 is 5.32 Å². The quantitative estimate of drug-likeness (QED) is 0.799. The molecule has 2 atom stereocenters. The van der Waals surface area contributed by atoms with E-state index >= 15 is 0 Å². The van der Waals surface area contributed by atoms with Crippen LogP contribution >= 0.6 is 0 Å². The lowest BCUT2D eigenvalue weighted by Gasteiger charge is -2.48. The molecule has 2 saturated carbocycles. The Hall–Kier alpha value is -0.570. The molecule has 0 aromatic heterocycles. The van der Waals surface area contributed by atoms with E-state index in [1.807, 2.05) is 6.92 Å². The van der Waals surface area contributed by atoms with Gasteiger partial charge in [0.15, 0.2) is 0 Å². The Labute approximate surface area is 123 Å². The molecular weight excluding hydrogens is 250 g/mol. The molecule has 0 radical (unpaired) electrons. The second-order valence-electron chi connectivity index (χ2n) is 7.59. The fourth-order valence-corrected chi connectivity index (χ4v) is 4.16. The average Bonchev–Trinajstić information content (AvgIpc) is 2.85. The molecule has 2 unspecified atom stereocenters. The SMILES string of the molecule is CCOC(=O)C1(NC2CCCC2)CCC(C)(C)CC1C. The molecule has 0 aromatic rings. The van der Waals surface area contributed by atoms with E-state index in [4.69, 9.17) is 4.74 Å². The van der Waals surface area contributed by atoms with Crippen molar-refractivity contribution < 1.29 is 9.53 Å². The van der Waals surface area contributed by atoms with Gasteiger partial charge in [-0.2, -0.15) is 0 Å². The van der Waals surface area contributed by atoms with Crippen LogP contribution in [0.2, 0.25) is 0 Å². The van der Waals surface area contributed by atoms with Gasteiger partial charge < -0.3 is 4.74 Å². The first-order chi connectivity index (χ1) is 9.39. The highest BCUT2D eigenvalue weighted by Gasteiger charge is 2.51. The molecule has 3 nitrogen and oxygen atoms in total. The molecule has 2 rings (SSSR count). The molecule has 20 heavy (non-hydrogen) atoms. The van der Waals surface area contributed by atoms with Crippen molar-refractivity contribution in [2.75, 3.05) is 6.61 Å². The van der Waals surface area contributed by atoms with E-state index < -0.39 is 5.54 Å². The predicted octanol–water partition coefficient (Wildman–Crippen LogP) is 3.67. The first-order valence-electron chi connectivity index (χ1n) is 8.34. The molecule has 0 spiro atoms. The van der Waals surface area contributed by atoms with Crippen LogP contribution in [-0.4, -0.2) is 24.2 Å². The maximum Gasteiger partial charge on any atom is 0.326 e. The maximum absolute atomic E-state index is 12.6. The van der Waals surface area contributed by atoms with Crippen molar-refractivity contribution in [3.63, 3.8) is 0 Å². The molecule has 2 aliphatic rings. The maximum atomic E-state index is 12.6. The Morgan fingerprint density at radius 1 is 1.25 bits per heavy atom. The molecule has 2 fully saturated rings. The molecular formula is C17H31NO2. The zero-order chi connectivity index (χ0) is 14.8. The molecule has 0 heterocycles. The summed E-state index contributed by atoms with van der Waals surface area (Å²) in [5, 5.41) is 3.73. The van der Waals surface area contributed by atoms with Crippen LogP contribution in [0.5, 0.6) is 0 Å². The predicted molar refractivity (Wildman–Crippen MR) is 81.6 cm³/mol. The van der Waals surface area contributed by atoms with Crippen LogP contribution in [0.1, 0.15) is 72.6 Å². The number of carbonyl (C=O) groups is 1. The van der Waals surface area contributed by atoms with Crippen molar-refractivity contribution in [1.82, 2.24) is 5.32 Å². The summed E-state index contributed by atoms with van der Waals surface area (Å²) in [6.07, 6.45) is 8.08. The molecule has 3 heteroatoms. The number of hydrogen-bond donors (Lipinski definition) is 1. The van der Waals surface area contributed by atoms with Gasteiger partial charge in [-0.3, -0.25) is 10.1 Å². The van der Waals surface area contributed by atoms with Gasteiger partial charge in [-0.1, -0.05) is 33.6 Å². The number of nitrogens with one attached hydrogen (secondary N) is 1. The molecule has 0 amide bonds. The van der Waals surface area contributed by atoms with Gasteiger partial charge in [-0.15, -0.1) is 0 Å². The van der Waals surface area contributed by atoms with E-state index in [1.54, 1.807) is 0 Å². The fraction of sp³-hybridized carbons (Fsp3) is 0.941. The Kier molecular flexibility index (Phi) is 4.78. The second-order valence-corrected chi connectivity index (χ2v) is 7.59. The number of hydrogen-bond acceptors (Lipinski definition) is 3. The smallest absolute Gasteiger partial charge is 0.326 e. The molecule has 0 aromatic carbocycles. The summed E-state index contributed by atoms with van der Waals surface area (Å²) in [7, 11) is 0. The van der Waals surface area contributed by atoms with Crippen LogP contribution in [-0.2, 0) is 9.53 Å². The van der Waals surface area contributed by atoms with Gasteiger partial charge in [-0.05, 0) is 50.4 Å². The number of rotatable bonds is 4. The van der Waals surface area contributed by atoms with E-state index in [-0.39, 0.29) is 5.97 Å². The standard InChI is InChI=1S/C17H31NO2/c1-5-20-15(19)17(18-14-8-6-7-9-14)11-10-16(3,4)12-13(17)2/h13-14,18H,5-12H2,1-4H3. The van der Waals surface area contributed by atoms with Gasteiger partial charge in [-0.25, -0.2) is 0 Å².